The summed E-state index contributed by atoms with van der Waals surface area (Å²) in [5.41, 5.74) is -0.0476. The molecule has 1 aromatic carbocycles. The van der Waals surface area contributed by atoms with Crippen LogP contribution in [0, 0.1) is 0 Å². The van der Waals surface area contributed by atoms with E-state index >= 15 is 0 Å². The molecule has 4 aromatic rings. The molecule has 1 aliphatic heterocycles. The predicted molar refractivity (Wildman–Crippen MR) is 143 cm³/mol. The van der Waals surface area contributed by atoms with Crippen molar-refractivity contribution in [2.24, 2.45) is 7.05 Å². The van der Waals surface area contributed by atoms with Crippen LogP contribution in [-0.2, 0) is 18.0 Å². The van der Waals surface area contributed by atoms with Gasteiger partial charge in [-0.1, -0.05) is 11.6 Å². The molecule has 0 spiro atoms. The number of anilines is 3. The molecule has 1 atom stereocenters. The molecule has 1 amide bonds. The molecule has 3 aromatic heterocycles. The first-order valence-corrected chi connectivity index (χ1v) is 12.6. The Hall–Kier alpha value is -4.10. The molecule has 1 fully saturated rings. The van der Waals surface area contributed by atoms with Crippen LogP contribution in [0.5, 0.6) is 17.2 Å². The van der Waals surface area contributed by atoms with Crippen molar-refractivity contribution >= 4 is 46.1 Å². The fourth-order valence-electron chi connectivity index (χ4n) is 4.36. The van der Waals surface area contributed by atoms with Crippen molar-refractivity contribution in [1.82, 2.24) is 24.4 Å². The molecule has 4 heterocycles. The summed E-state index contributed by atoms with van der Waals surface area (Å²) in [5.74, 6) is 0.897. The number of benzene rings is 1. The van der Waals surface area contributed by atoms with Gasteiger partial charge >= 0.3 is 6.18 Å². The van der Waals surface area contributed by atoms with Crippen LogP contribution in [0.3, 0.4) is 0 Å². The second-order valence-electron chi connectivity index (χ2n) is 9.42. The zero-order chi connectivity index (χ0) is 28.6. The van der Waals surface area contributed by atoms with Crippen LogP contribution >= 0.6 is 11.6 Å². The maximum absolute atomic E-state index is 13.7. The molecule has 40 heavy (non-hydrogen) atoms. The van der Waals surface area contributed by atoms with Gasteiger partial charge in [-0.25, -0.2) is 9.97 Å². The van der Waals surface area contributed by atoms with Gasteiger partial charge in [0, 0.05) is 51.1 Å². The first-order valence-electron chi connectivity index (χ1n) is 12.2. The lowest BCUT2D eigenvalue weighted by Gasteiger charge is -2.17. The van der Waals surface area contributed by atoms with Crippen molar-refractivity contribution in [2.45, 2.75) is 25.6 Å². The van der Waals surface area contributed by atoms with E-state index in [1.807, 2.05) is 7.05 Å². The van der Waals surface area contributed by atoms with E-state index in [4.69, 9.17) is 21.1 Å². The number of carbonyl (C=O) groups excluding carboxylic acids is 1. The minimum atomic E-state index is -4.57. The summed E-state index contributed by atoms with van der Waals surface area (Å²) in [6.07, 6.45) is -1.20. The molecule has 0 bridgehead atoms. The number of hydrogen-bond donors (Lipinski definition) is 2. The van der Waals surface area contributed by atoms with Gasteiger partial charge in [-0.05, 0) is 31.7 Å². The Balaban J connectivity index is 1.43. The average molecular weight is 576 g/mol. The Morgan fingerprint density at radius 2 is 1.95 bits per heavy atom. The molecular weight excluding hydrogens is 551 g/mol. The van der Waals surface area contributed by atoms with Gasteiger partial charge in [-0.15, -0.1) is 0 Å². The summed E-state index contributed by atoms with van der Waals surface area (Å²) in [6.45, 7) is 2.80. The van der Waals surface area contributed by atoms with Crippen molar-refractivity contribution in [3.63, 3.8) is 0 Å². The summed E-state index contributed by atoms with van der Waals surface area (Å²) in [5, 5.41) is 5.70. The average Bonchev–Trinajstić information content (AvgIpc) is 3.42. The smallest absolute Gasteiger partial charge is 0.416 e. The molecule has 0 aliphatic carbocycles. The van der Waals surface area contributed by atoms with Gasteiger partial charge in [0.15, 0.2) is 11.4 Å². The molecule has 10 nitrogen and oxygen atoms in total. The van der Waals surface area contributed by atoms with Gasteiger partial charge in [0.05, 0.1) is 11.8 Å². The van der Waals surface area contributed by atoms with Crippen molar-refractivity contribution in [3.8, 4) is 17.2 Å². The Bertz CT molecular complexity index is 1580. The normalized spacial score (nSPS) is 15.8. The van der Waals surface area contributed by atoms with Gasteiger partial charge in [0.2, 0.25) is 11.9 Å². The number of carbonyl (C=O) groups is 1. The van der Waals surface area contributed by atoms with Crippen LogP contribution in [0.1, 0.15) is 18.9 Å². The van der Waals surface area contributed by atoms with Crippen LogP contribution in [0.25, 0.3) is 11.2 Å². The number of pyridine rings is 2. The number of alkyl halides is 3. The summed E-state index contributed by atoms with van der Waals surface area (Å²) in [4.78, 5) is 26.1. The first-order chi connectivity index (χ1) is 19.0. The van der Waals surface area contributed by atoms with Crippen LogP contribution in [-0.4, -0.2) is 56.6 Å². The number of nitrogens with one attached hydrogen (secondary N) is 2. The number of fused-ring (bicyclic) bond motifs is 1. The predicted octanol–water partition coefficient (Wildman–Crippen LogP) is 5.61. The highest BCUT2D eigenvalue weighted by Crippen LogP contribution is 2.38. The third-order valence-electron chi connectivity index (χ3n) is 6.21. The third-order valence-corrected chi connectivity index (χ3v) is 6.57. The first kappa shape index (κ1) is 27.5. The minimum Gasteiger partial charge on any atom is -0.489 e. The minimum absolute atomic E-state index is 0.110. The van der Waals surface area contributed by atoms with Gasteiger partial charge in [-0.2, -0.15) is 18.2 Å². The highest BCUT2D eigenvalue weighted by atomic mass is 35.5. The molecule has 0 saturated carbocycles. The lowest BCUT2D eigenvalue weighted by atomic mass is 10.1. The SMILES string of the molecule is CC(=O)Nc1cc(Oc2cnc3nc(Nc4cc(OC5CCN(C)C5)cc(C(F)(F)F)c4)n(C)c3c2Cl)ccn1. The topological polar surface area (TPSA) is 106 Å². The van der Waals surface area contributed by atoms with Gasteiger partial charge in [0.1, 0.15) is 34.0 Å². The van der Waals surface area contributed by atoms with Crippen LogP contribution in [0.2, 0.25) is 5.02 Å². The van der Waals surface area contributed by atoms with Gasteiger partial charge < -0.3 is 29.6 Å². The highest BCUT2D eigenvalue weighted by molar-refractivity contribution is 6.36. The monoisotopic (exact) mass is 575 g/mol. The number of nitrogens with zero attached hydrogens (tertiary/aromatic N) is 5. The van der Waals surface area contributed by atoms with E-state index in [1.165, 1.54) is 31.5 Å². The van der Waals surface area contributed by atoms with Crippen molar-refractivity contribution in [1.29, 1.82) is 0 Å². The highest BCUT2D eigenvalue weighted by Gasteiger charge is 2.32. The van der Waals surface area contributed by atoms with E-state index in [2.05, 4.69) is 30.5 Å². The third kappa shape index (κ3) is 6.05. The number of imidazole rings is 1. The van der Waals surface area contributed by atoms with E-state index in [9.17, 15) is 18.0 Å². The molecule has 210 valence electrons. The Labute approximate surface area is 232 Å². The summed E-state index contributed by atoms with van der Waals surface area (Å²) < 4.78 is 54.4. The second-order valence-corrected chi connectivity index (χ2v) is 9.80. The maximum atomic E-state index is 13.7. The summed E-state index contributed by atoms with van der Waals surface area (Å²) in [6, 6.07) is 6.60. The molecule has 5 rings (SSSR count). The lowest BCUT2D eigenvalue weighted by Crippen LogP contribution is -2.21. The fourth-order valence-corrected chi connectivity index (χ4v) is 4.66. The summed E-state index contributed by atoms with van der Waals surface area (Å²) in [7, 11) is 3.58. The number of halogens is 4. The van der Waals surface area contributed by atoms with Crippen LogP contribution in [0.4, 0.5) is 30.6 Å². The number of amides is 1. The van der Waals surface area contributed by atoms with E-state index < -0.39 is 11.7 Å². The standard InChI is InChI=1S/C26H25ClF3N7O3/c1-14(38)33-21-11-17(4-6-31-21)40-20-12-32-24-23(22(20)27)37(3)25(35-24)34-16-8-15(26(28,29)30)9-19(10-16)39-18-5-7-36(2)13-18/h4,6,8-12,18H,5,7,13H2,1-3H3,(H,31,33,38)(H,32,34,35). The Morgan fingerprint density at radius 3 is 2.65 bits per heavy atom. The number of rotatable bonds is 7. The molecule has 1 saturated heterocycles. The van der Waals surface area contributed by atoms with Crippen LogP contribution < -0.4 is 20.1 Å². The summed E-state index contributed by atoms with van der Waals surface area (Å²) >= 11 is 6.64. The Morgan fingerprint density at radius 1 is 1.15 bits per heavy atom. The number of aromatic nitrogens is 4. The van der Waals surface area contributed by atoms with Crippen molar-refractivity contribution < 1.29 is 27.4 Å². The number of likely N-dealkylation sites (tertiary alicyclic amines) is 1. The maximum Gasteiger partial charge on any atom is 0.416 e. The van der Waals surface area contributed by atoms with Crippen LogP contribution in [0.15, 0.2) is 42.7 Å². The number of likely N-dealkylation sites (N-methyl/N-ethyl adjacent to an activating group) is 1. The molecular formula is C26H25ClF3N7O3. The second kappa shape index (κ2) is 10.8. The molecule has 2 N–H and O–H groups in total. The lowest BCUT2D eigenvalue weighted by molar-refractivity contribution is -0.137. The van der Waals surface area contributed by atoms with Crippen molar-refractivity contribution in [3.05, 3.63) is 53.3 Å². The number of aryl methyl sites for hydroxylation is 1. The number of ether oxygens (including phenoxy) is 2. The van der Waals surface area contributed by atoms with Gasteiger partial charge in [0.25, 0.3) is 0 Å². The Kier molecular flexibility index (Phi) is 7.43. The van der Waals surface area contributed by atoms with E-state index in [1.54, 1.807) is 17.7 Å². The van der Waals surface area contributed by atoms with Gasteiger partial charge in [-0.3, -0.25) is 4.79 Å². The molecule has 1 unspecified atom stereocenters. The zero-order valence-electron chi connectivity index (χ0n) is 21.7. The van der Waals surface area contributed by atoms with E-state index in [-0.39, 0.29) is 45.8 Å². The number of hydrogen-bond acceptors (Lipinski definition) is 8. The fraction of sp³-hybridized carbons (Fsp3) is 0.308. The zero-order valence-corrected chi connectivity index (χ0v) is 22.5. The van der Waals surface area contributed by atoms with E-state index in [0.717, 1.165) is 25.1 Å². The quantitative estimate of drug-likeness (QED) is 0.293. The van der Waals surface area contributed by atoms with E-state index in [0.29, 0.717) is 23.6 Å². The van der Waals surface area contributed by atoms with Crippen molar-refractivity contribution in [2.75, 3.05) is 30.8 Å². The molecule has 1 aliphatic rings. The molecule has 14 heteroatoms. The molecule has 0 radical (unpaired) electrons. The largest absolute Gasteiger partial charge is 0.489 e.